The zero-order chi connectivity index (χ0) is 40.1. The van der Waals surface area contributed by atoms with Crippen LogP contribution in [0.1, 0.15) is 59.3 Å². The van der Waals surface area contributed by atoms with Crippen molar-refractivity contribution in [1.82, 2.24) is 0 Å². The average molecular weight is 779 g/mol. The van der Waals surface area contributed by atoms with Crippen molar-refractivity contribution in [3.8, 4) is 62.1 Å². The quantitative estimate of drug-likeness (QED) is 0.0722. The fourth-order valence-corrected chi connectivity index (χ4v) is 8.58. The van der Waals surface area contributed by atoms with Crippen molar-refractivity contribution >= 4 is 43.1 Å². The highest BCUT2D eigenvalue weighted by molar-refractivity contribution is 6.24. The summed E-state index contributed by atoms with van der Waals surface area (Å²) in [7, 11) is 0. The molecule has 0 aliphatic carbocycles. The van der Waals surface area contributed by atoms with E-state index < -0.39 is 0 Å². The molecule has 0 N–H and O–H groups in total. The standard InChI is InChI=1S/C54H50O5/c1-4-7-30-57-52-44(48-36-20-10-14-24-40(36)50(46-28-18-33-55-46)41-25-15-11-21-37(41)48)35-45(53(58-31-8-5-2)54(52)59-32-9-6-3)49-38-22-12-16-26-42(38)51(47-29-19-34-56-47)43-27-17-13-23-39(43)49/h10-29,33-35H,4-9,30-32H2,1-3H3. The molecule has 0 saturated carbocycles. The molecule has 0 spiro atoms. The van der Waals surface area contributed by atoms with Gasteiger partial charge in [0.25, 0.3) is 0 Å². The van der Waals surface area contributed by atoms with Crippen LogP contribution < -0.4 is 14.2 Å². The molecule has 0 fully saturated rings. The van der Waals surface area contributed by atoms with Crippen LogP contribution in [0.4, 0.5) is 0 Å². The fourth-order valence-electron chi connectivity index (χ4n) is 8.58. The van der Waals surface area contributed by atoms with E-state index in [1.807, 2.05) is 12.1 Å². The van der Waals surface area contributed by atoms with Crippen LogP contribution >= 0.6 is 0 Å². The largest absolute Gasteiger partial charge is 0.489 e. The van der Waals surface area contributed by atoms with E-state index in [1.54, 1.807) is 12.5 Å². The summed E-state index contributed by atoms with van der Waals surface area (Å²) in [6.07, 6.45) is 9.22. The normalized spacial score (nSPS) is 11.6. The Morgan fingerprint density at radius 1 is 0.356 bits per heavy atom. The summed E-state index contributed by atoms with van der Waals surface area (Å²) in [4.78, 5) is 0. The molecule has 0 aliphatic heterocycles. The second-order valence-corrected chi connectivity index (χ2v) is 15.2. The predicted octanol–water partition coefficient (Wildman–Crippen LogP) is 15.7. The number of unbranched alkanes of at least 4 members (excludes halogenated alkanes) is 3. The number of hydrogen-bond donors (Lipinski definition) is 0. The Hall–Kier alpha value is -6.46. The van der Waals surface area contributed by atoms with Crippen LogP contribution in [0.15, 0.2) is 149 Å². The third-order valence-corrected chi connectivity index (χ3v) is 11.4. The van der Waals surface area contributed by atoms with E-state index in [4.69, 9.17) is 23.0 Å². The van der Waals surface area contributed by atoms with Gasteiger partial charge in [0.15, 0.2) is 11.5 Å². The van der Waals surface area contributed by atoms with E-state index >= 15 is 0 Å². The van der Waals surface area contributed by atoms with E-state index in [2.05, 4.69) is 136 Å². The van der Waals surface area contributed by atoms with Crippen LogP contribution in [-0.2, 0) is 0 Å². The van der Waals surface area contributed by atoms with Crippen molar-refractivity contribution in [2.24, 2.45) is 0 Å². The lowest BCUT2D eigenvalue weighted by atomic mass is 9.84. The highest BCUT2D eigenvalue weighted by atomic mass is 16.5. The van der Waals surface area contributed by atoms with Crippen LogP contribution in [0.3, 0.4) is 0 Å². The van der Waals surface area contributed by atoms with Gasteiger partial charge in [-0.15, -0.1) is 0 Å². The average Bonchev–Trinajstić information content (AvgIpc) is 4.02. The second kappa shape index (κ2) is 17.2. The van der Waals surface area contributed by atoms with Crippen LogP contribution in [0.2, 0.25) is 0 Å². The minimum absolute atomic E-state index is 0.533. The summed E-state index contributed by atoms with van der Waals surface area (Å²) in [6.45, 7) is 8.22. The van der Waals surface area contributed by atoms with Crippen molar-refractivity contribution < 1.29 is 23.0 Å². The molecule has 5 heteroatoms. The van der Waals surface area contributed by atoms with Crippen LogP contribution in [0, 0.1) is 0 Å². The molecule has 0 unspecified atom stereocenters. The molecule has 9 rings (SSSR count). The van der Waals surface area contributed by atoms with Gasteiger partial charge in [-0.05, 0) is 92.7 Å². The first-order valence-corrected chi connectivity index (χ1v) is 21.3. The molecule has 59 heavy (non-hydrogen) atoms. The van der Waals surface area contributed by atoms with Gasteiger partial charge in [0.2, 0.25) is 5.75 Å². The lowest BCUT2D eigenvalue weighted by Crippen LogP contribution is -2.09. The minimum atomic E-state index is 0.533. The summed E-state index contributed by atoms with van der Waals surface area (Å²) in [5.74, 6) is 3.76. The SMILES string of the molecule is CCCCOc1c(-c2c3ccccc3c(-c3ccco3)c3ccccc23)cc(-c2c3ccccc3c(-c3ccco3)c3ccccc23)c(OCCCC)c1OCCCC. The number of rotatable bonds is 16. The summed E-state index contributed by atoms with van der Waals surface area (Å²) < 4.78 is 33.4. The maximum atomic E-state index is 7.04. The molecule has 7 aromatic carbocycles. The molecule has 0 bridgehead atoms. The first-order valence-electron chi connectivity index (χ1n) is 21.3. The van der Waals surface area contributed by atoms with Gasteiger partial charge in [0, 0.05) is 33.4 Å². The maximum Gasteiger partial charge on any atom is 0.204 e. The molecule has 0 radical (unpaired) electrons. The Kier molecular flexibility index (Phi) is 11.1. The summed E-state index contributed by atoms with van der Waals surface area (Å²) in [5.41, 5.74) is 6.24. The molecular weight excluding hydrogens is 729 g/mol. The third kappa shape index (κ3) is 6.99. The van der Waals surface area contributed by atoms with Gasteiger partial charge in [-0.1, -0.05) is 137 Å². The topological polar surface area (TPSA) is 54.0 Å². The first-order chi connectivity index (χ1) is 29.2. The van der Waals surface area contributed by atoms with Crippen molar-refractivity contribution in [2.75, 3.05) is 19.8 Å². The third-order valence-electron chi connectivity index (χ3n) is 11.4. The number of hydrogen-bond acceptors (Lipinski definition) is 5. The highest BCUT2D eigenvalue weighted by Crippen LogP contribution is 2.56. The van der Waals surface area contributed by atoms with Gasteiger partial charge in [-0.2, -0.15) is 0 Å². The molecule has 9 aromatic rings. The highest BCUT2D eigenvalue weighted by Gasteiger charge is 2.30. The Morgan fingerprint density at radius 3 is 0.949 bits per heavy atom. The molecule has 5 nitrogen and oxygen atoms in total. The van der Waals surface area contributed by atoms with Gasteiger partial charge in [-0.25, -0.2) is 0 Å². The molecule has 0 saturated heterocycles. The van der Waals surface area contributed by atoms with Crippen molar-refractivity contribution in [1.29, 1.82) is 0 Å². The zero-order valence-corrected chi connectivity index (χ0v) is 34.2. The molecular formula is C54H50O5. The fraction of sp³-hybridized carbons (Fsp3) is 0.222. The summed E-state index contributed by atoms with van der Waals surface area (Å²) >= 11 is 0. The van der Waals surface area contributed by atoms with E-state index in [0.29, 0.717) is 37.1 Å². The Bertz CT molecular complexity index is 2560. The van der Waals surface area contributed by atoms with E-state index in [0.717, 1.165) is 127 Å². The van der Waals surface area contributed by atoms with Gasteiger partial charge in [0.1, 0.15) is 11.5 Å². The van der Waals surface area contributed by atoms with Crippen LogP contribution in [0.5, 0.6) is 17.2 Å². The zero-order valence-electron chi connectivity index (χ0n) is 34.2. The smallest absolute Gasteiger partial charge is 0.204 e. The van der Waals surface area contributed by atoms with Gasteiger partial charge in [0.05, 0.1) is 32.3 Å². The molecule has 0 atom stereocenters. The van der Waals surface area contributed by atoms with Gasteiger partial charge >= 0.3 is 0 Å². The first kappa shape index (κ1) is 38.1. The molecule has 2 aromatic heterocycles. The number of furan rings is 2. The number of fused-ring (bicyclic) bond motifs is 4. The second-order valence-electron chi connectivity index (χ2n) is 15.2. The maximum absolute atomic E-state index is 7.04. The van der Waals surface area contributed by atoms with Crippen molar-refractivity contribution in [3.05, 3.63) is 140 Å². The lowest BCUT2D eigenvalue weighted by Gasteiger charge is -2.26. The molecule has 0 amide bonds. The summed E-state index contributed by atoms with van der Waals surface area (Å²) in [6, 6.07) is 45.0. The number of ether oxygens (including phenoxy) is 3. The Labute approximate surface area is 346 Å². The predicted molar refractivity (Wildman–Crippen MR) is 244 cm³/mol. The Balaban J connectivity index is 1.47. The minimum Gasteiger partial charge on any atom is -0.489 e. The van der Waals surface area contributed by atoms with Crippen molar-refractivity contribution in [2.45, 2.75) is 59.3 Å². The Morgan fingerprint density at radius 2 is 0.661 bits per heavy atom. The van der Waals surface area contributed by atoms with Gasteiger partial charge < -0.3 is 23.0 Å². The molecule has 2 heterocycles. The van der Waals surface area contributed by atoms with E-state index in [-0.39, 0.29) is 0 Å². The van der Waals surface area contributed by atoms with E-state index in [9.17, 15) is 0 Å². The summed E-state index contributed by atoms with van der Waals surface area (Å²) in [5, 5.41) is 8.83. The monoisotopic (exact) mass is 778 g/mol. The number of benzene rings is 7. The lowest BCUT2D eigenvalue weighted by molar-refractivity contribution is 0.238. The van der Waals surface area contributed by atoms with Gasteiger partial charge in [-0.3, -0.25) is 0 Å². The van der Waals surface area contributed by atoms with Crippen LogP contribution in [0.25, 0.3) is 88.0 Å². The van der Waals surface area contributed by atoms with Crippen molar-refractivity contribution in [3.63, 3.8) is 0 Å². The van der Waals surface area contributed by atoms with E-state index in [1.165, 1.54) is 0 Å². The molecule has 296 valence electrons. The van der Waals surface area contributed by atoms with Crippen LogP contribution in [-0.4, -0.2) is 19.8 Å². The molecule has 0 aliphatic rings.